The summed E-state index contributed by atoms with van der Waals surface area (Å²) in [5.74, 6) is 0.804. The smallest absolute Gasteiger partial charge is 0.201 e. The number of carbonyl (C=O) groups excluding carboxylic acids is 1. The van der Waals surface area contributed by atoms with Crippen molar-refractivity contribution in [2.75, 3.05) is 31.1 Å². The Balaban J connectivity index is 1.79. The molecule has 0 amide bonds. The van der Waals surface area contributed by atoms with Crippen molar-refractivity contribution in [3.63, 3.8) is 0 Å². The number of hydrogen-bond acceptors (Lipinski definition) is 5. The molecule has 0 unspecified atom stereocenters. The van der Waals surface area contributed by atoms with E-state index >= 15 is 0 Å². The van der Waals surface area contributed by atoms with Crippen LogP contribution in [0.25, 0.3) is 0 Å². The van der Waals surface area contributed by atoms with Gasteiger partial charge in [-0.25, -0.2) is 4.98 Å². The molecular weight excluding hydrogens is 344 g/mol. The highest BCUT2D eigenvalue weighted by Crippen LogP contribution is 2.24. The summed E-state index contributed by atoms with van der Waals surface area (Å²) in [5, 5.41) is 0. The fourth-order valence-corrected chi connectivity index (χ4v) is 3.97. The van der Waals surface area contributed by atoms with Crippen molar-refractivity contribution in [1.82, 2.24) is 14.5 Å². The van der Waals surface area contributed by atoms with Gasteiger partial charge in [0, 0.05) is 45.0 Å². The van der Waals surface area contributed by atoms with E-state index in [2.05, 4.69) is 39.0 Å². The summed E-state index contributed by atoms with van der Waals surface area (Å²) in [6, 6.07) is 10.5. The molecule has 0 N–H and O–H groups in total. The van der Waals surface area contributed by atoms with Gasteiger partial charge in [-0.05, 0) is 38.6 Å². The Hall–Kier alpha value is -2.05. The molecule has 0 radical (unpaired) electrons. The molecule has 3 rings (SSSR count). The number of Topliss-reactive ketones (excluding diaryl/α,β-unsaturated/α-hetero) is 1. The lowest BCUT2D eigenvalue weighted by atomic mass is 10.1. The highest BCUT2D eigenvalue weighted by molar-refractivity contribution is 7.71. The van der Waals surface area contributed by atoms with Crippen molar-refractivity contribution in [3.8, 4) is 0 Å². The third-order valence-corrected chi connectivity index (χ3v) is 5.32. The minimum absolute atomic E-state index is 0.0499. The molecule has 6 heteroatoms. The van der Waals surface area contributed by atoms with Crippen LogP contribution in [-0.4, -0.2) is 46.4 Å². The summed E-state index contributed by atoms with van der Waals surface area (Å²) < 4.78 is 2.48. The van der Waals surface area contributed by atoms with Crippen molar-refractivity contribution in [3.05, 3.63) is 51.9 Å². The Morgan fingerprint density at radius 3 is 2.38 bits per heavy atom. The standard InChI is InChI=1S/C20H26N4OS/c1-4-24-15(2)18(16(3)25)19(21-20(24)26)23-12-10-22(11-13-23)14-17-8-6-5-7-9-17/h5-9H,4,10-14H2,1-3H3. The molecule has 1 aliphatic rings. The fraction of sp³-hybridized carbons (Fsp3) is 0.450. The zero-order valence-corrected chi connectivity index (χ0v) is 16.6. The van der Waals surface area contributed by atoms with Gasteiger partial charge in [0.2, 0.25) is 4.77 Å². The Morgan fingerprint density at radius 2 is 1.81 bits per heavy atom. The molecule has 1 aromatic carbocycles. The van der Waals surface area contributed by atoms with Crippen LogP contribution in [0, 0.1) is 11.7 Å². The number of aromatic nitrogens is 2. The molecule has 1 saturated heterocycles. The minimum Gasteiger partial charge on any atom is -0.353 e. The van der Waals surface area contributed by atoms with Crippen molar-refractivity contribution in [1.29, 1.82) is 0 Å². The molecule has 5 nitrogen and oxygen atoms in total. The Labute approximate surface area is 160 Å². The molecule has 0 atom stereocenters. The zero-order chi connectivity index (χ0) is 18.7. The number of anilines is 1. The Bertz CT molecular complexity index is 839. The van der Waals surface area contributed by atoms with E-state index in [1.165, 1.54) is 5.56 Å². The van der Waals surface area contributed by atoms with Crippen molar-refractivity contribution >= 4 is 23.8 Å². The van der Waals surface area contributed by atoms with Gasteiger partial charge in [0.05, 0.1) is 5.56 Å². The van der Waals surface area contributed by atoms with E-state index in [4.69, 9.17) is 12.2 Å². The largest absolute Gasteiger partial charge is 0.353 e. The second-order valence-electron chi connectivity index (χ2n) is 6.73. The normalized spacial score (nSPS) is 15.3. The maximum atomic E-state index is 12.3. The Morgan fingerprint density at radius 1 is 1.15 bits per heavy atom. The van der Waals surface area contributed by atoms with Crippen LogP contribution in [-0.2, 0) is 13.1 Å². The predicted molar refractivity (Wildman–Crippen MR) is 107 cm³/mol. The summed E-state index contributed by atoms with van der Waals surface area (Å²) in [7, 11) is 0. The first-order chi connectivity index (χ1) is 12.5. The molecule has 0 aliphatic carbocycles. The average molecular weight is 371 g/mol. The molecule has 138 valence electrons. The lowest BCUT2D eigenvalue weighted by Gasteiger charge is -2.36. The topological polar surface area (TPSA) is 41.4 Å². The van der Waals surface area contributed by atoms with Crippen LogP contribution in [0.15, 0.2) is 30.3 Å². The van der Waals surface area contributed by atoms with E-state index in [1.807, 2.05) is 24.5 Å². The maximum absolute atomic E-state index is 12.3. The first kappa shape index (κ1) is 18.7. The van der Waals surface area contributed by atoms with Crippen LogP contribution >= 0.6 is 12.2 Å². The van der Waals surface area contributed by atoms with Gasteiger partial charge in [-0.1, -0.05) is 30.3 Å². The van der Waals surface area contributed by atoms with Crippen LogP contribution in [0.3, 0.4) is 0 Å². The molecule has 1 aromatic heterocycles. The molecule has 0 spiro atoms. The second-order valence-corrected chi connectivity index (χ2v) is 7.09. The van der Waals surface area contributed by atoms with Crippen LogP contribution in [0.2, 0.25) is 0 Å². The number of rotatable bonds is 5. The number of nitrogens with zero attached hydrogens (tertiary/aromatic N) is 4. The quantitative estimate of drug-likeness (QED) is 0.595. The minimum atomic E-state index is 0.0499. The molecule has 2 heterocycles. The monoisotopic (exact) mass is 370 g/mol. The van der Waals surface area contributed by atoms with E-state index in [-0.39, 0.29) is 5.78 Å². The lowest BCUT2D eigenvalue weighted by Crippen LogP contribution is -2.47. The molecule has 2 aromatic rings. The van der Waals surface area contributed by atoms with Crippen molar-refractivity contribution in [2.45, 2.75) is 33.9 Å². The second kappa shape index (κ2) is 8.10. The van der Waals surface area contributed by atoms with Gasteiger partial charge in [-0.2, -0.15) is 0 Å². The van der Waals surface area contributed by atoms with E-state index < -0.39 is 0 Å². The number of benzene rings is 1. The van der Waals surface area contributed by atoms with Gasteiger partial charge in [0.25, 0.3) is 0 Å². The summed E-state index contributed by atoms with van der Waals surface area (Å²) >= 11 is 5.46. The average Bonchev–Trinajstić information content (AvgIpc) is 2.62. The molecular formula is C20H26N4OS. The van der Waals surface area contributed by atoms with Crippen LogP contribution in [0.5, 0.6) is 0 Å². The first-order valence-corrected chi connectivity index (χ1v) is 9.55. The van der Waals surface area contributed by atoms with Crippen LogP contribution in [0.1, 0.15) is 35.5 Å². The number of hydrogen-bond donors (Lipinski definition) is 0. The predicted octanol–water partition coefficient (Wildman–Crippen LogP) is 3.47. The molecule has 26 heavy (non-hydrogen) atoms. The van der Waals surface area contributed by atoms with E-state index in [1.54, 1.807) is 6.92 Å². The zero-order valence-electron chi connectivity index (χ0n) is 15.7. The van der Waals surface area contributed by atoms with Gasteiger partial charge in [0.1, 0.15) is 5.82 Å². The summed E-state index contributed by atoms with van der Waals surface area (Å²) in [6.45, 7) is 10.9. The summed E-state index contributed by atoms with van der Waals surface area (Å²) in [6.07, 6.45) is 0. The first-order valence-electron chi connectivity index (χ1n) is 9.14. The van der Waals surface area contributed by atoms with Gasteiger partial charge in [-0.15, -0.1) is 0 Å². The summed E-state index contributed by atoms with van der Waals surface area (Å²) in [5.41, 5.74) is 2.95. The highest BCUT2D eigenvalue weighted by atomic mass is 32.1. The van der Waals surface area contributed by atoms with Crippen LogP contribution < -0.4 is 4.90 Å². The fourth-order valence-electron chi connectivity index (χ4n) is 3.62. The van der Waals surface area contributed by atoms with Gasteiger partial charge in [-0.3, -0.25) is 9.69 Å². The lowest BCUT2D eigenvalue weighted by molar-refractivity contribution is 0.101. The van der Waals surface area contributed by atoms with Crippen molar-refractivity contribution < 1.29 is 4.79 Å². The number of piperazine rings is 1. The number of ketones is 1. The van der Waals surface area contributed by atoms with Gasteiger partial charge < -0.3 is 9.47 Å². The van der Waals surface area contributed by atoms with E-state index in [0.717, 1.165) is 50.8 Å². The third kappa shape index (κ3) is 3.86. The summed E-state index contributed by atoms with van der Waals surface area (Å²) in [4.78, 5) is 21.6. The van der Waals surface area contributed by atoms with Crippen molar-refractivity contribution in [2.24, 2.45) is 0 Å². The number of carbonyl (C=O) groups is 1. The highest BCUT2D eigenvalue weighted by Gasteiger charge is 2.24. The SMILES string of the molecule is CCn1c(C)c(C(C)=O)c(N2CCN(Cc3ccccc3)CC2)nc1=S. The van der Waals surface area contributed by atoms with Crippen LogP contribution in [0.4, 0.5) is 5.82 Å². The molecule has 1 fully saturated rings. The van der Waals surface area contributed by atoms with Gasteiger partial charge in [0.15, 0.2) is 5.78 Å². The maximum Gasteiger partial charge on any atom is 0.201 e. The molecule has 0 bridgehead atoms. The van der Waals surface area contributed by atoms with Gasteiger partial charge >= 0.3 is 0 Å². The third-order valence-electron chi connectivity index (χ3n) is 5.01. The Kier molecular flexibility index (Phi) is 5.84. The van der Waals surface area contributed by atoms with E-state index in [0.29, 0.717) is 10.3 Å². The molecule has 1 aliphatic heterocycles. The molecule has 0 saturated carbocycles. The van der Waals surface area contributed by atoms with E-state index in [9.17, 15) is 4.79 Å².